The topological polar surface area (TPSA) is 9.23 Å². The van der Waals surface area contributed by atoms with Gasteiger partial charge in [-0.1, -0.05) is 12.2 Å². The lowest BCUT2D eigenvalue weighted by atomic mass is 10.3. The fraction of sp³-hybridized carbons (Fsp3) is 0.429. The fourth-order valence-electron chi connectivity index (χ4n) is 0.500. The average molecular weight is 166 g/mol. The normalized spacial score (nSPS) is 10.6. The Morgan fingerprint density at radius 3 is 2.09 bits per heavy atom. The smallest absolute Gasteiger partial charge is 0.406 e. The van der Waals surface area contributed by atoms with Gasteiger partial charge in [-0.25, -0.2) is 0 Å². The predicted octanol–water partition coefficient (Wildman–Crippen LogP) is 3.00. The van der Waals surface area contributed by atoms with Crippen LogP contribution in [0.5, 0.6) is 0 Å². The van der Waals surface area contributed by atoms with Crippen LogP contribution in [0.25, 0.3) is 0 Å². The zero-order valence-corrected chi connectivity index (χ0v) is 6.33. The van der Waals surface area contributed by atoms with Crippen molar-refractivity contribution in [2.45, 2.75) is 20.2 Å². The molecule has 0 aromatic heterocycles. The molecule has 0 spiro atoms. The molecule has 0 aliphatic carbocycles. The van der Waals surface area contributed by atoms with E-state index in [4.69, 9.17) is 0 Å². The molecule has 0 fully saturated rings. The molecule has 0 saturated carbocycles. The van der Waals surface area contributed by atoms with Crippen LogP contribution in [0.3, 0.4) is 0 Å². The molecule has 0 aromatic carbocycles. The van der Waals surface area contributed by atoms with E-state index in [0.717, 1.165) is 0 Å². The number of ether oxygens (including phenoxy) is 1. The van der Waals surface area contributed by atoms with Crippen LogP contribution in [0.1, 0.15) is 13.8 Å². The van der Waals surface area contributed by atoms with E-state index in [0.29, 0.717) is 5.57 Å². The maximum Gasteiger partial charge on any atom is 0.573 e. The van der Waals surface area contributed by atoms with Crippen molar-refractivity contribution >= 4 is 0 Å². The second-order valence-electron chi connectivity index (χ2n) is 2.24. The van der Waals surface area contributed by atoms with E-state index in [9.17, 15) is 13.2 Å². The minimum atomic E-state index is -4.64. The van der Waals surface area contributed by atoms with Gasteiger partial charge in [0.2, 0.25) is 0 Å². The zero-order valence-electron chi connectivity index (χ0n) is 6.33. The van der Waals surface area contributed by atoms with Crippen LogP contribution in [-0.2, 0) is 4.74 Å². The first-order valence-corrected chi connectivity index (χ1v) is 2.91. The summed E-state index contributed by atoms with van der Waals surface area (Å²) in [5, 5.41) is 0. The van der Waals surface area contributed by atoms with Gasteiger partial charge in [0.05, 0.1) is 0 Å². The number of rotatable bonds is 2. The highest BCUT2D eigenvalue weighted by atomic mass is 19.4. The number of alkyl halides is 3. The van der Waals surface area contributed by atoms with E-state index < -0.39 is 12.1 Å². The Balaban J connectivity index is 4.00. The maximum atomic E-state index is 11.4. The second-order valence-corrected chi connectivity index (χ2v) is 2.24. The first-order valence-electron chi connectivity index (χ1n) is 2.91. The van der Waals surface area contributed by atoms with Gasteiger partial charge in [-0.15, -0.1) is 13.2 Å². The van der Waals surface area contributed by atoms with E-state index >= 15 is 0 Å². The summed E-state index contributed by atoms with van der Waals surface area (Å²) in [6.45, 7) is 6.38. The minimum Gasteiger partial charge on any atom is -0.406 e. The van der Waals surface area contributed by atoms with Gasteiger partial charge in [0, 0.05) is 0 Å². The number of allylic oxidation sites excluding steroid dienone is 2. The Labute approximate surface area is 63.2 Å². The summed E-state index contributed by atoms with van der Waals surface area (Å²) >= 11 is 0. The quantitative estimate of drug-likeness (QED) is 0.452. The van der Waals surface area contributed by atoms with Crippen molar-refractivity contribution < 1.29 is 17.9 Å². The summed E-state index contributed by atoms with van der Waals surface area (Å²) in [6.07, 6.45) is -3.42. The Bertz CT molecular complexity index is 175. The lowest BCUT2D eigenvalue weighted by molar-refractivity contribution is -0.303. The van der Waals surface area contributed by atoms with Crippen LogP contribution < -0.4 is 0 Å². The molecule has 64 valence electrons. The Morgan fingerprint density at radius 1 is 1.36 bits per heavy atom. The monoisotopic (exact) mass is 166 g/mol. The Kier molecular flexibility index (Phi) is 3.17. The molecule has 1 nitrogen and oxygen atoms in total. The zero-order chi connectivity index (χ0) is 9.07. The highest BCUT2D eigenvalue weighted by Crippen LogP contribution is 2.20. The van der Waals surface area contributed by atoms with Gasteiger partial charge >= 0.3 is 6.36 Å². The molecule has 0 N–H and O–H groups in total. The third-order valence-corrected chi connectivity index (χ3v) is 0.696. The summed E-state index contributed by atoms with van der Waals surface area (Å²) in [5.74, 6) is -0.391. The SMILES string of the molecule is C=C(C=C(C)C)OC(F)(F)F. The first kappa shape index (κ1) is 10.1. The van der Waals surface area contributed by atoms with E-state index in [2.05, 4.69) is 11.3 Å². The van der Waals surface area contributed by atoms with Crippen molar-refractivity contribution in [3.8, 4) is 0 Å². The van der Waals surface area contributed by atoms with E-state index in [1.165, 1.54) is 6.08 Å². The number of hydrogen-bond donors (Lipinski definition) is 0. The summed E-state index contributed by atoms with van der Waals surface area (Å²) in [6, 6.07) is 0. The van der Waals surface area contributed by atoms with Gasteiger partial charge in [0.25, 0.3) is 0 Å². The third-order valence-electron chi connectivity index (χ3n) is 0.696. The fourth-order valence-corrected chi connectivity index (χ4v) is 0.500. The number of hydrogen-bond acceptors (Lipinski definition) is 1. The van der Waals surface area contributed by atoms with Crippen molar-refractivity contribution in [1.82, 2.24) is 0 Å². The molecule has 4 heteroatoms. The van der Waals surface area contributed by atoms with Crippen LogP contribution in [-0.4, -0.2) is 6.36 Å². The molecule has 0 aliphatic rings. The third kappa shape index (κ3) is 6.96. The van der Waals surface area contributed by atoms with Crippen LogP contribution in [0.2, 0.25) is 0 Å². The van der Waals surface area contributed by atoms with E-state index in [1.54, 1.807) is 13.8 Å². The average Bonchev–Trinajstić information content (AvgIpc) is 1.53. The lowest BCUT2D eigenvalue weighted by Crippen LogP contribution is -2.11. The van der Waals surface area contributed by atoms with Gasteiger partial charge < -0.3 is 4.74 Å². The van der Waals surface area contributed by atoms with E-state index in [1.807, 2.05) is 0 Å². The molecular weight excluding hydrogens is 157 g/mol. The van der Waals surface area contributed by atoms with Gasteiger partial charge in [-0.05, 0) is 19.9 Å². The molecule has 0 atom stereocenters. The lowest BCUT2D eigenvalue weighted by Gasteiger charge is -2.07. The molecule has 0 unspecified atom stereocenters. The summed E-state index contributed by atoms with van der Waals surface area (Å²) in [4.78, 5) is 0. The largest absolute Gasteiger partial charge is 0.573 e. The maximum absolute atomic E-state index is 11.4. The molecule has 0 heterocycles. The summed E-state index contributed by atoms with van der Waals surface area (Å²) < 4.78 is 37.8. The molecule has 0 rings (SSSR count). The van der Waals surface area contributed by atoms with Gasteiger partial charge in [-0.3, -0.25) is 0 Å². The minimum absolute atomic E-state index is 0.391. The van der Waals surface area contributed by atoms with Crippen LogP contribution in [0.4, 0.5) is 13.2 Å². The van der Waals surface area contributed by atoms with Gasteiger partial charge in [0.15, 0.2) is 0 Å². The van der Waals surface area contributed by atoms with Crippen molar-refractivity contribution in [1.29, 1.82) is 0 Å². The van der Waals surface area contributed by atoms with E-state index in [-0.39, 0.29) is 0 Å². The molecule has 0 saturated heterocycles. The molecule has 0 radical (unpaired) electrons. The first-order chi connectivity index (χ1) is 4.81. The summed E-state index contributed by atoms with van der Waals surface area (Å²) in [5.41, 5.74) is 0.708. The Hall–Kier alpha value is -0.930. The van der Waals surface area contributed by atoms with Crippen molar-refractivity contribution in [2.75, 3.05) is 0 Å². The standard InChI is InChI=1S/C7H9F3O/c1-5(2)4-6(3)11-7(8,9)10/h4H,3H2,1-2H3. The molecular formula is C7H9F3O. The number of halogens is 3. The van der Waals surface area contributed by atoms with Crippen LogP contribution in [0, 0.1) is 0 Å². The molecule has 0 bridgehead atoms. The predicted molar refractivity (Wildman–Crippen MR) is 35.7 cm³/mol. The van der Waals surface area contributed by atoms with Crippen molar-refractivity contribution in [2.24, 2.45) is 0 Å². The van der Waals surface area contributed by atoms with Crippen molar-refractivity contribution in [3.05, 3.63) is 24.0 Å². The molecule has 0 aliphatic heterocycles. The molecule has 0 aromatic rings. The second kappa shape index (κ2) is 3.46. The van der Waals surface area contributed by atoms with Crippen molar-refractivity contribution in [3.63, 3.8) is 0 Å². The van der Waals surface area contributed by atoms with Crippen LogP contribution in [0.15, 0.2) is 24.0 Å². The molecule has 0 amide bonds. The van der Waals surface area contributed by atoms with Gasteiger partial charge in [0.1, 0.15) is 5.76 Å². The highest BCUT2D eigenvalue weighted by Gasteiger charge is 2.30. The van der Waals surface area contributed by atoms with Crippen LogP contribution >= 0.6 is 0 Å². The van der Waals surface area contributed by atoms with Gasteiger partial charge in [-0.2, -0.15) is 0 Å². The summed E-state index contributed by atoms with van der Waals surface area (Å²) in [7, 11) is 0. The molecule has 11 heavy (non-hydrogen) atoms. The Morgan fingerprint density at radius 2 is 1.82 bits per heavy atom. The highest BCUT2D eigenvalue weighted by molar-refractivity contribution is 5.12.